The molecule has 0 unspecified atom stereocenters. The van der Waals surface area contributed by atoms with Gasteiger partial charge in [0.2, 0.25) is 0 Å². The van der Waals surface area contributed by atoms with Crippen LogP contribution in [0.25, 0.3) is 0 Å². The first-order valence-corrected chi connectivity index (χ1v) is 4.30. The molecule has 3 nitrogen and oxygen atoms in total. The topological polar surface area (TPSA) is 26.3 Å². The summed E-state index contributed by atoms with van der Waals surface area (Å²) in [5.41, 5.74) is 0. The van der Waals surface area contributed by atoms with Crippen molar-refractivity contribution in [3.8, 4) is 0 Å². The summed E-state index contributed by atoms with van der Waals surface area (Å²) >= 11 is 0. The maximum atomic E-state index is 11.0. The van der Waals surface area contributed by atoms with Crippen molar-refractivity contribution < 1.29 is 26.4 Å². The fraction of sp³-hybridized carbons (Fsp3) is 0.889. The van der Waals surface area contributed by atoms with Crippen LogP contribution in [-0.4, -0.2) is 44.7 Å². The molecular weight excluding hydrogens is 190 g/mol. The molecular formula is C9H20ClNO2. The molecule has 0 saturated carbocycles. The van der Waals surface area contributed by atoms with Gasteiger partial charge >= 0.3 is 5.97 Å². The van der Waals surface area contributed by atoms with Crippen molar-refractivity contribution in [2.75, 3.05) is 34.3 Å². The van der Waals surface area contributed by atoms with Gasteiger partial charge in [0.25, 0.3) is 0 Å². The Morgan fingerprint density at radius 3 is 2.08 bits per heavy atom. The third kappa shape index (κ3) is 9.64. The third-order valence-electron chi connectivity index (χ3n) is 1.48. The molecule has 0 saturated heterocycles. The van der Waals surface area contributed by atoms with Gasteiger partial charge in [-0.3, -0.25) is 4.79 Å². The number of esters is 1. The predicted octanol–water partition coefficient (Wildman–Crippen LogP) is -2.10. The van der Waals surface area contributed by atoms with Crippen molar-refractivity contribution in [1.82, 2.24) is 0 Å². The average molecular weight is 210 g/mol. The second kappa shape index (κ2) is 6.22. The summed E-state index contributed by atoms with van der Waals surface area (Å²) in [7, 11) is 6.22. The van der Waals surface area contributed by atoms with E-state index in [0.717, 1.165) is 11.0 Å². The molecule has 80 valence electrons. The second-order valence-corrected chi connectivity index (χ2v) is 4.34. The molecule has 0 spiro atoms. The number of hydrogen-bond donors (Lipinski definition) is 0. The zero-order chi connectivity index (χ0) is 9.78. The van der Waals surface area contributed by atoms with E-state index in [-0.39, 0.29) is 24.3 Å². The molecule has 0 amide bonds. The molecule has 4 heteroatoms. The Bertz CT molecular complexity index is 152. The summed E-state index contributed by atoms with van der Waals surface area (Å²) in [5.74, 6) is -0.124. The first kappa shape index (κ1) is 15.2. The zero-order valence-electron chi connectivity index (χ0n) is 9.13. The van der Waals surface area contributed by atoms with Gasteiger partial charge < -0.3 is 21.6 Å². The smallest absolute Gasteiger partial charge is 0.308 e. The van der Waals surface area contributed by atoms with Crippen LogP contribution < -0.4 is 12.4 Å². The molecule has 13 heavy (non-hydrogen) atoms. The van der Waals surface area contributed by atoms with Crippen molar-refractivity contribution in [3.63, 3.8) is 0 Å². The van der Waals surface area contributed by atoms with E-state index in [1.807, 2.05) is 13.8 Å². The molecule has 0 rings (SSSR count). The van der Waals surface area contributed by atoms with Crippen LogP contribution >= 0.6 is 0 Å². The second-order valence-electron chi connectivity index (χ2n) is 4.34. The van der Waals surface area contributed by atoms with Crippen LogP contribution in [0.4, 0.5) is 0 Å². The number of likely N-dealkylation sites (N-methyl/N-ethyl adjacent to an activating group) is 1. The van der Waals surface area contributed by atoms with Crippen LogP contribution in [0.15, 0.2) is 0 Å². The fourth-order valence-electron chi connectivity index (χ4n) is 0.587. The molecule has 0 N–H and O–H groups in total. The summed E-state index contributed by atoms with van der Waals surface area (Å²) in [5, 5.41) is 0. The summed E-state index contributed by atoms with van der Waals surface area (Å²) in [6, 6.07) is 0. The van der Waals surface area contributed by atoms with Crippen molar-refractivity contribution in [2.24, 2.45) is 5.92 Å². The van der Waals surface area contributed by atoms with Crippen LogP contribution in [0.1, 0.15) is 13.8 Å². The van der Waals surface area contributed by atoms with Gasteiger partial charge in [-0.1, -0.05) is 13.8 Å². The van der Waals surface area contributed by atoms with E-state index in [2.05, 4.69) is 21.1 Å². The first-order chi connectivity index (χ1) is 5.33. The van der Waals surface area contributed by atoms with Crippen molar-refractivity contribution in [3.05, 3.63) is 0 Å². The van der Waals surface area contributed by atoms with Crippen molar-refractivity contribution in [1.29, 1.82) is 0 Å². The summed E-state index contributed by atoms with van der Waals surface area (Å²) in [6.45, 7) is 5.06. The monoisotopic (exact) mass is 209 g/mol. The van der Waals surface area contributed by atoms with Crippen molar-refractivity contribution in [2.45, 2.75) is 13.8 Å². The van der Waals surface area contributed by atoms with E-state index in [1.54, 1.807) is 0 Å². The lowest BCUT2D eigenvalue weighted by Crippen LogP contribution is -3.00. The Balaban J connectivity index is 0. The quantitative estimate of drug-likeness (QED) is 0.392. The van der Waals surface area contributed by atoms with Gasteiger partial charge in [0.1, 0.15) is 13.2 Å². The minimum atomic E-state index is -0.108. The normalized spacial score (nSPS) is 10.9. The minimum Gasteiger partial charge on any atom is -1.00 e. The maximum absolute atomic E-state index is 11.0. The summed E-state index contributed by atoms with van der Waals surface area (Å²) in [4.78, 5) is 11.0. The van der Waals surface area contributed by atoms with Gasteiger partial charge in [0, 0.05) is 0 Å². The largest absolute Gasteiger partial charge is 1.00 e. The van der Waals surface area contributed by atoms with Crippen molar-refractivity contribution >= 4 is 5.97 Å². The van der Waals surface area contributed by atoms with E-state index < -0.39 is 0 Å². The lowest BCUT2D eigenvalue weighted by atomic mass is 10.2. The first-order valence-electron chi connectivity index (χ1n) is 4.30. The highest BCUT2D eigenvalue weighted by Gasteiger charge is 2.11. The summed E-state index contributed by atoms with van der Waals surface area (Å²) in [6.07, 6.45) is 0. The molecule has 0 atom stereocenters. The average Bonchev–Trinajstić information content (AvgIpc) is 1.84. The van der Waals surface area contributed by atoms with Gasteiger partial charge in [0.05, 0.1) is 27.1 Å². The number of rotatable bonds is 4. The van der Waals surface area contributed by atoms with Crippen LogP contribution in [0, 0.1) is 5.92 Å². The molecule has 0 aromatic rings. The number of nitrogens with zero attached hydrogens (tertiary/aromatic N) is 1. The molecule has 0 aromatic carbocycles. The fourth-order valence-corrected chi connectivity index (χ4v) is 0.587. The van der Waals surface area contributed by atoms with Crippen LogP contribution in [0.2, 0.25) is 0 Å². The number of carbonyl (C=O) groups is 1. The van der Waals surface area contributed by atoms with E-state index in [9.17, 15) is 4.79 Å². The Hall–Kier alpha value is -0.280. The number of carbonyl (C=O) groups excluding carboxylic acids is 1. The Morgan fingerprint density at radius 1 is 1.31 bits per heavy atom. The lowest BCUT2D eigenvalue weighted by Gasteiger charge is -2.23. The zero-order valence-corrected chi connectivity index (χ0v) is 9.89. The standard InChI is InChI=1S/C9H20NO2.ClH/c1-8(2)9(11)12-7-6-10(3,4)5;/h8H,6-7H2,1-5H3;1H/q+1;/p-1. The van der Waals surface area contributed by atoms with Crippen LogP contribution in [0.5, 0.6) is 0 Å². The number of halogens is 1. The predicted molar refractivity (Wildman–Crippen MR) is 48.7 cm³/mol. The van der Waals surface area contributed by atoms with Crippen LogP contribution in [0.3, 0.4) is 0 Å². The van der Waals surface area contributed by atoms with Gasteiger partial charge in [-0.15, -0.1) is 0 Å². The van der Waals surface area contributed by atoms with Gasteiger partial charge in [-0.2, -0.15) is 0 Å². The third-order valence-corrected chi connectivity index (χ3v) is 1.48. The SMILES string of the molecule is CC(C)C(=O)OCC[N+](C)(C)C.[Cl-]. The molecule has 0 fully saturated rings. The van der Waals surface area contributed by atoms with Crippen LogP contribution in [-0.2, 0) is 9.53 Å². The van der Waals surface area contributed by atoms with E-state index in [4.69, 9.17) is 4.74 Å². The van der Waals surface area contributed by atoms with Gasteiger partial charge in [-0.25, -0.2) is 0 Å². The molecule has 0 aliphatic heterocycles. The molecule has 0 radical (unpaired) electrons. The molecule has 0 aromatic heterocycles. The van der Waals surface area contributed by atoms with E-state index in [1.165, 1.54) is 0 Å². The number of quaternary nitrogens is 1. The lowest BCUT2D eigenvalue weighted by molar-refractivity contribution is -0.870. The Labute approximate surface area is 87.1 Å². The molecule has 0 aliphatic carbocycles. The minimum absolute atomic E-state index is 0. The highest BCUT2D eigenvalue weighted by molar-refractivity contribution is 5.71. The van der Waals surface area contributed by atoms with Gasteiger partial charge in [0.15, 0.2) is 0 Å². The molecule has 0 aliphatic rings. The highest BCUT2D eigenvalue weighted by atomic mass is 35.5. The molecule has 0 bridgehead atoms. The maximum Gasteiger partial charge on any atom is 0.308 e. The Kier molecular flexibility index (Phi) is 7.27. The number of hydrogen-bond acceptors (Lipinski definition) is 2. The van der Waals surface area contributed by atoms with E-state index >= 15 is 0 Å². The highest BCUT2D eigenvalue weighted by Crippen LogP contribution is 1.96. The number of ether oxygens (including phenoxy) is 1. The summed E-state index contributed by atoms with van der Waals surface area (Å²) < 4.78 is 5.85. The Morgan fingerprint density at radius 2 is 1.77 bits per heavy atom. The van der Waals surface area contributed by atoms with Gasteiger partial charge in [-0.05, 0) is 0 Å². The van der Waals surface area contributed by atoms with E-state index in [0.29, 0.717) is 6.61 Å². The molecule has 0 heterocycles.